The third-order valence-electron chi connectivity index (χ3n) is 2.68. The number of anilines is 1. The van der Waals surface area contributed by atoms with Gasteiger partial charge in [0.05, 0.1) is 0 Å². The molecule has 1 aliphatic heterocycles. The second kappa shape index (κ2) is 4.79. The summed E-state index contributed by atoms with van der Waals surface area (Å²) >= 11 is 0. The molecule has 0 atom stereocenters. The zero-order valence-corrected chi connectivity index (χ0v) is 9.39. The van der Waals surface area contributed by atoms with Crippen molar-refractivity contribution in [2.75, 3.05) is 31.1 Å². The number of alkyl halides is 3. The van der Waals surface area contributed by atoms with Gasteiger partial charge in [-0.1, -0.05) is 0 Å². The Bertz CT molecular complexity index is 429. The molecule has 1 aromatic rings. The topological polar surface area (TPSA) is 49.3 Å². The first-order chi connectivity index (χ1) is 8.50. The molecular weight excluding hydrogens is 249 g/mol. The van der Waals surface area contributed by atoms with Gasteiger partial charge < -0.3 is 9.80 Å². The summed E-state index contributed by atoms with van der Waals surface area (Å²) in [6.07, 6.45) is -2.65. The largest absolute Gasteiger partial charge is 0.433 e. The molecule has 0 radical (unpaired) electrons. The minimum absolute atomic E-state index is 0.0513. The van der Waals surface area contributed by atoms with Crippen LogP contribution < -0.4 is 4.90 Å². The highest BCUT2D eigenvalue weighted by Gasteiger charge is 2.33. The second-order valence-electron chi connectivity index (χ2n) is 3.87. The van der Waals surface area contributed by atoms with Crippen molar-refractivity contribution in [3.63, 3.8) is 0 Å². The fourth-order valence-corrected chi connectivity index (χ4v) is 1.69. The number of hydrogen-bond acceptors (Lipinski definition) is 4. The lowest BCUT2D eigenvalue weighted by molar-refractivity contribution is -0.141. The second-order valence-corrected chi connectivity index (χ2v) is 3.87. The molecule has 0 bridgehead atoms. The average Bonchev–Trinajstić information content (AvgIpc) is 2.38. The van der Waals surface area contributed by atoms with Gasteiger partial charge in [0, 0.05) is 32.4 Å². The van der Waals surface area contributed by atoms with Crippen LogP contribution in [0.15, 0.2) is 12.3 Å². The SMILES string of the molecule is O=CN1CCN(c2nccc(C(F)(F)F)n2)CC1. The standard InChI is InChI=1S/C10H11F3N4O/c11-10(12,13)8-1-2-14-9(15-8)17-5-3-16(7-18)4-6-17/h1-2,7H,3-6H2. The van der Waals surface area contributed by atoms with Crippen molar-refractivity contribution in [3.8, 4) is 0 Å². The van der Waals surface area contributed by atoms with Gasteiger partial charge in [-0.25, -0.2) is 9.97 Å². The molecule has 18 heavy (non-hydrogen) atoms. The summed E-state index contributed by atoms with van der Waals surface area (Å²) in [5.41, 5.74) is -0.953. The van der Waals surface area contributed by atoms with E-state index in [1.165, 1.54) is 0 Å². The molecule has 1 aromatic heterocycles. The Labute approximate surface area is 101 Å². The van der Waals surface area contributed by atoms with Crippen LogP contribution in [-0.2, 0) is 11.0 Å². The van der Waals surface area contributed by atoms with Gasteiger partial charge in [0.2, 0.25) is 12.4 Å². The van der Waals surface area contributed by atoms with Crippen LogP contribution >= 0.6 is 0 Å². The van der Waals surface area contributed by atoms with Gasteiger partial charge in [-0.2, -0.15) is 13.2 Å². The smallest absolute Gasteiger partial charge is 0.342 e. The number of amides is 1. The highest BCUT2D eigenvalue weighted by atomic mass is 19.4. The number of rotatable bonds is 2. The summed E-state index contributed by atoms with van der Waals surface area (Å²) in [5, 5.41) is 0. The summed E-state index contributed by atoms with van der Waals surface area (Å²) in [6.45, 7) is 1.78. The zero-order chi connectivity index (χ0) is 13.2. The number of hydrogen-bond donors (Lipinski definition) is 0. The molecule has 1 fully saturated rings. The fourth-order valence-electron chi connectivity index (χ4n) is 1.69. The number of carbonyl (C=O) groups is 1. The van der Waals surface area contributed by atoms with Crippen LogP contribution in [0.2, 0.25) is 0 Å². The molecule has 1 saturated heterocycles. The first-order valence-corrected chi connectivity index (χ1v) is 5.35. The molecular formula is C10H11F3N4O. The minimum atomic E-state index is -4.47. The van der Waals surface area contributed by atoms with Gasteiger partial charge in [0.1, 0.15) is 5.69 Å². The number of carbonyl (C=O) groups excluding carboxylic acids is 1. The summed E-state index contributed by atoms with van der Waals surface area (Å²) in [5.74, 6) is 0.0513. The van der Waals surface area contributed by atoms with E-state index in [-0.39, 0.29) is 5.95 Å². The van der Waals surface area contributed by atoms with Crippen LogP contribution in [0.1, 0.15) is 5.69 Å². The number of halogens is 3. The molecule has 8 heteroatoms. The quantitative estimate of drug-likeness (QED) is 0.737. The number of aromatic nitrogens is 2. The molecule has 98 valence electrons. The Hall–Kier alpha value is -1.86. The molecule has 0 saturated carbocycles. The first-order valence-electron chi connectivity index (χ1n) is 5.35. The van der Waals surface area contributed by atoms with Gasteiger partial charge in [0.25, 0.3) is 0 Å². The lowest BCUT2D eigenvalue weighted by atomic mass is 10.3. The maximum atomic E-state index is 12.5. The van der Waals surface area contributed by atoms with Gasteiger partial charge in [-0.15, -0.1) is 0 Å². The summed E-state index contributed by atoms with van der Waals surface area (Å²) in [6, 6.07) is 0.838. The van der Waals surface area contributed by atoms with E-state index in [9.17, 15) is 18.0 Å². The summed E-state index contributed by atoms with van der Waals surface area (Å²) in [4.78, 5) is 21.0. The number of piperazine rings is 1. The van der Waals surface area contributed by atoms with E-state index in [0.29, 0.717) is 26.2 Å². The maximum Gasteiger partial charge on any atom is 0.433 e. The molecule has 1 amide bonds. The van der Waals surface area contributed by atoms with Gasteiger partial charge >= 0.3 is 6.18 Å². The van der Waals surface area contributed by atoms with Crippen molar-refractivity contribution >= 4 is 12.4 Å². The van der Waals surface area contributed by atoms with Crippen molar-refractivity contribution in [1.29, 1.82) is 0 Å². The predicted molar refractivity (Wildman–Crippen MR) is 56.9 cm³/mol. The van der Waals surface area contributed by atoms with Crippen molar-refractivity contribution < 1.29 is 18.0 Å². The molecule has 0 N–H and O–H groups in total. The Morgan fingerprint density at radius 1 is 1.22 bits per heavy atom. The number of nitrogens with zero attached hydrogens (tertiary/aromatic N) is 4. The van der Waals surface area contributed by atoms with Gasteiger partial charge in [0.15, 0.2) is 0 Å². The zero-order valence-electron chi connectivity index (χ0n) is 9.39. The molecule has 0 spiro atoms. The molecule has 0 aromatic carbocycles. The minimum Gasteiger partial charge on any atom is -0.342 e. The molecule has 2 rings (SSSR count). The van der Waals surface area contributed by atoms with Crippen molar-refractivity contribution in [3.05, 3.63) is 18.0 Å². The van der Waals surface area contributed by atoms with Crippen LogP contribution in [0.4, 0.5) is 19.1 Å². The monoisotopic (exact) mass is 260 g/mol. The molecule has 2 heterocycles. The Morgan fingerprint density at radius 3 is 2.44 bits per heavy atom. The average molecular weight is 260 g/mol. The van der Waals surface area contributed by atoms with Crippen LogP contribution in [0.5, 0.6) is 0 Å². The first kappa shape index (κ1) is 12.6. The molecule has 5 nitrogen and oxygen atoms in total. The van der Waals surface area contributed by atoms with E-state index in [1.807, 2.05) is 0 Å². The molecule has 0 unspecified atom stereocenters. The highest BCUT2D eigenvalue weighted by Crippen LogP contribution is 2.28. The van der Waals surface area contributed by atoms with Crippen molar-refractivity contribution in [2.45, 2.75) is 6.18 Å². The van der Waals surface area contributed by atoms with Gasteiger partial charge in [-0.05, 0) is 6.07 Å². The van der Waals surface area contributed by atoms with Crippen molar-refractivity contribution in [1.82, 2.24) is 14.9 Å². The normalized spacial score (nSPS) is 16.8. The van der Waals surface area contributed by atoms with E-state index >= 15 is 0 Å². The van der Waals surface area contributed by atoms with Crippen LogP contribution in [-0.4, -0.2) is 47.5 Å². The van der Waals surface area contributed by atoms with Crippen molar-refractivity contribution in [2.24, 2.45) is 0 Å². The van der Waals surface area contributed by atoms with Crippen LogP contribution in [0, 0.1) is 0 Å². The van der Waals surface area contributed by atoms with Gasteiger partial charge in [-0.3, -0.25) is 4.79 Å². The van der Waals surface area contributed by atoms with Crippen LogP contribution in [0.25, 0.3) is 0 Å². The summed E-state index contributed by atoms with van der Waals surface area (Å²) in [7, 11) is 0. The third kappa shape index (κ3) is 2.69. The Kier molecular flexibility index (Phi) is 3.35. The van der Waals surface area contributed by atoms with E-state index in [4.69, 9.17) is 0 Å². The third-order valence-corrected chi connectivity index (χ3v) is 2.68. The van der Waals surface area contributed by atoms with E-state index in [2.05, 4.69) is 9.97 Å². The fraction of sp³-hybridized carbons (Fsp3) is 0.500. The lowest BCUT2D eigenvalue weighted by Crippen LogP contribution is -2.46. The molecule has 1 aliphatic rings. The Balaban J connectivity index is 2.12. The predicted octanol–water partition coefficient (Wildman–Crippen LogP) is 0.774. The van der Waals surface area contributed by atoms with E-state index in [1.54, 1.807) is 9.80 Å². The maximum absolute atomic E-state index is 12.5. The van der Waals surface area contributed by atoms with E-state index < -0.39 is 11.9 Å². The molecule has 0 aliphatic carbocycles. The highest BCUT2D eigenvalue weighted by molar-refractivity contribution is 5.48. The lowest BCUT2D eigenvalue weighted by Gasteiger charge is -2.32. The van der Waals surface area contributed by atoms with Crippen LogP contribution in [0.3, 0.4) is 0 Å². The summed E-state index contributed by atoms with van der Waals surface area (Å²) < 4.78 is 37.5. The Morgan fingerprint density at radius 2 is 1.89 bits per heavy atom. The van der Waals surface area contributed by atoms with E-state index in [0.717, 1.165) is 18.7 Å².